The number of benzene rings is 1. The van der Waals surface area contributed by atoms with E-state index in [4.69, 9.17) is 16.6 Å². The molecule has 0 aliphatic heterocycles. The zero-order valence-corrected chi connectivity index (χ0v) is 10.8. The Morgan fingerprint density at radius 1 is 1.35 bits per heavy atom. The number of rotatable bonds is 3. The molecule has 0 radical (unpaired) electrons. The molecule has 17 heavy (non-hydrogen) atoms. The topological polar surface area (TPSA) is 17.8 Å². The lowest BCUT2D eigenvalue weighted by Crippen LogP contribution is -2.26. The first-order valence-electron chi connectivity index (χ1n) is 6.31. The summed E-state index contributed by atoms with van der Waals surface area (Å²) in [5.41, 5.74) is 2.37. The van der Waals surface area contributed by atoms with Gasteiger partial charge in [0.15, 0.2) is 0 Å². The number of aryl methyl sites for hydroxylation is 1. The van der Waals surface area contributed by atoms with Gasteiger partial charge < -0.3 is 4.57 Å². The number of para-hydroxylation sites is 2. The van der Waals surface area contributed by atoms with Crippen LogP contribution in [0.2, 0.25) is 0 Å². The maximum Gasteiger partial charge on any atom is 0.111 e. The number of hydrogen-bond donors (Lipinski definition) is 0. The van der Waals surface area contributed by atoms with E-state index >= 15 is 0 Å². The molecule has 1 aromatic heterocycles. The Kier molecular flexibility index (Phi) is 2.83. The monoisotopic (exact) mass is 248 g/mol. The second kappa shape index (κ2) is 4.34. The Morgan fingerprint density at radius 2 is 2.12 bits per heavy atom. The lowest BCUT2D eigenvalue weighted by Gasteiger charge is -2.35. The number of fused-ring (bicyclic) bond motifs is 1. The summed E-state index contributed by atoms with van der Waals surface area (Å²) in [4.78, 5) is 4.71. The molecule has 2 aromatic rings. The van der Waals surface area contributed by atoms with E-state index in [1.165, 1.54) is 18.4 Å². The first kappa shape index (κ1) is 11.1. The van der Waals surface area contributed by atoms with Gasteiger partial charge in [0.2, 0.25) is 0 Å². The van der Waals surface area contributed by atoms with Crippen LogP contribution in [0, 0.1) is 5.92 Å². The molecule has 1 aliphatic carbocycles. The third kappa shape index (κ3) is 1.85. The van der Waals surface area contributed by atoms with Crippen molar-refractivity contribution in [2.24, 2.45) is 5.92 Å². The Hall–Kier alpha value is -1.02. The van der Waals surface area contributed by atoms with Gasteiger partial charge in [-0.25, -0.2) is 4.98 Å². The second-order valence-electron chi connectivity index (χ2n) is 5.06. The van der Waals surface area contributed by atoms with Crippen molar-refractivity contribution in [2.45, 2.75) is 32.2 Å². The second-order valence-corrected chi connectivity index (χ2v) is 5.43. The molecular weight excluding hydrogens is 232 g/mol. The predicted octanol–water partition coefficient (Wildman–Crippen LogP) is 3.79. The molecule has 1 heterocycles. The lowest BCUT2D eigenvalue weighted by atomic mass is 9.81. The van der Waals surface area contributed by atoms with Gasteiger partial charge in [-0.15, -0.1) is 11.6 Å². The summed E-state index contributed by atoms with van der Waals surface area (Å²) < 4.78 is 2.41. The molecule has 0 saturated heterocycles. The molecule has 0 unspecified atom stereocenters. The Bertz CT molecular complexity index is 526. The molecule has 2 nitrogen and oxygen atoms in total. The fraction of sp³-hybridized carbons (Fsp3) is 0.500. The summed E-state index contributed by atoms with van der Waals surface area (Å²) in [5, 5.41) is 0. The standard InChI is InChI=1S/C14H17ClN2/c1-10-8-11(9-10)17-13-5-3-2-4-12(13)16-14(17)6-7-15/h2-5,10-11H,6-9H2,1H3. The average molecular weight is 249 g/mol. The number of hydrogen-bond acceptors (Lipinski definition) is 1. The Morgan fingerprint density at radius 3 is 2.82 bits per heavy atom. The highest BCUT2D eigenvalue weighted by atomic mass is 35.5. The van der Waals surface area contributed by atoms with Crippen molar-refractivity contribution in [3.63, 3.8) is 0 Å². The normalized spacial score (nSPS) is 23.9. The largest absolute Gasteiger partial charge is 0.325 e. The summed E-state index contributed by atoms with van der Waals surface area (Å²) in [6, 6.07) is 9.03. The molecule has 0 spiro atoms. The minimum atomic E-state index is 0.635. The molecule has 0 bridgehead atoms. The molecule has 3 rings (SSSR count). The lowest BCUT2D eigenvalue weighted by molar-refractivity contribution is 0.217. The number of imidazole rings is 1. The summed E-state index contributed by atoms with van der Waals surface area (Å²) in [5.74, 6) is 2.65. The van der Waals surface area contributed by atoms with Crippen molar-refractivity contribution >= 4 is 22.6 Å². The van der Waals surface area contributed by atoms with Crippen molar-refractivity contribution < 1.29 is 0 Å². The van der Waals surface area contributed by atoms with Gasteiger partial charge in [0.1, 0.15) is 5.82 Å². The summed E-state index contributed by atoms with van der Waals surface area (Å²) in [7, 11) is 0. The van der Waals surface area contributed by atoms with E-state index < -0.39 is 0 Å². The van der Waals surface area contributed by atoms with E-state index in [0.717, 1.165) is 23.7 Å². The molecule has 1 aromatic carbocycles. The number of alkyl halides is 1. The van der Waals surface area contributed by atoms with Crippen LogP contribution in [0.4, 0.5) is 0 Å². The first-order chi connectivity index (χ1) is 8.29. The highest BCUT2D eigenvalue weighted by molar-refractivity contribution is 6.17. The van der Waals surface area contributed by atoms with Crippen molar-refractivity contribution in [3.05, 3.63) is 30.1 Å². The molecule has 1 fully saturated rings. The highest BCUT2D eigenvalue weighted by Gasteiger charge is 2.29. The Balaban J connectivity index is 2.08. The van der Waals surface area contributed by atoms with Crippen molar-refractivity contribution in [1.29, 1.82) is 0 Å². The summed E-state index contributed by atoms with van der Waals surface area (Å²) in [6.45, 7) is 2.32. The quantitative estimate of drug-likeness (QED) is 0.756. The van der Waals surface area contributed by atoms with E-state index in [1.807, 2.05) is 6.07 Å². The van der Waals surface area contributed by atoms with Crippen LogP contribution >= 0.6 is 11.6 Å². The van der Waals surface area contributed by atoms with Crippen molar-refractivity contribution in [1.82, 2.24) is 9.55 Å². The van der Waals surface area contributed by atoms with Crippen LogP contribution in [0.25, 0.3) is 11.0 Å². The van der Waals surface area contributed by atoms with E-state index in [2.05, 4.69) is 29.7 Å². The Labute approximate surface area is 107 Å². The summed E-state index contributed by atoms with van der Waals surface area (Å²) >= 11 is 5.88. The third-order valence-electron chi connectivity index (χ3n) is 3.70. The summed E-state index contributed by atoms with van der Waals surface area (Å²) in [6.07, 6.45) is 3.41. The van der Waals surface area contributed by atoms with Gasteiger partial charge in [0.25, 0.3) is 0 Å². The predicted molar refractivity (Wildman–Crippen MR) is 71.6 cm³/mol. The molecule has 3 heteroatoms. The van der Waals surface area contributed by atoms with Crippen LogP contribution in [0.15, 0.2) is 24.3 Å². The number of nitrogens with zero attached hydrogens (tertiary/aromatic N) is 2. The van der Waals surface area contributed by atoms with Crippen molar-refractivity contribution in [2.75, 3.05) is 5.88 Å². The van der Waals surface area contributed by atoms with Gasteiger partial charge in [-0.05, 0) is 30.9 Å². The number of aromatic nitrogens is 2. The SMILES string of the molecule is CC1CC(n2c(CCCl)nc3ccccc32)C1. The first-order valence-corrected chi connectivity index (χ1v) is 6.85. The zero-order valence-electron chi connectivity index (χ0n) is 10.1. The molecular formula is C14H17ClN2. The minimum absolute atomic E-state index is 0.635. The van der Waals surface area contributed by atoms with Gasteiger partial charge in [0.05, 0.1) is 11.0 Å². The minimum Gasteiger partial charge on any atom is -0.325 e. The van der Waals surface area contributed by atoms with Crippen LogP contribution in [-0.4, -0.2) is 15.4 Å². The molecule has 0 atom stereocenters. The van der Waals surface area contributed by atoms with Crippen LogP contribution in [0.1, 0.15) is 31.6 Å². The van der Waals surface area contributed by atoms with Gasteiger partial charge in [-0.3, -0.25) is 0 Å². The smallest absolute Gasteiger partial charge is 0.111 e. The molecule has 1 aliphatic rings. The van der Waals surface area contributed by atoms with Gasteiger partial charge in [-0.2, -0.15) is 0 Å². The van der Waals surface area contributed by atoms with Gasteiger partial charge in [-0.1, -0.05) is 19.1 Å². The molecule has 0 amide bonds. The molecule has 0 N–H and O–H groups in total. The molecule has 90 valence electrons. The third-order valence-corrected chi connectivity index (χ3v) is 3.89. The van der Waals surface area contributed by atoms with Crippen LogP contribution in [-0.2, 0) is 6.42 Å². The van der Waals surface area contributed by atoms with Crippen LogP contribution in [0.3, 0.4) is 0 Å². The fourth-order valence-electron chi connectivity index (χ4n) is 2.83. The maximum atomic E-state index is 5.88. The van der Waals surface area contributed by atoms with E-state index in [9.17, 15) is 0 Å². The zero-order chi connectivity index (χ0) is 11.8. The highest BCUT2D eigenvalue weighted by Crippen LogP contribution is 2.40. The van der Waals surface area contributed by atoms with Crippen LogP contribution in [0.5, 0.6) is 0 Å². The van der Waals surface area contributed by atoms with Crippen LogP contribution < -0.4 is 0 Å². The van der Waals surface area contributed by atoms with Crippen molar-refractivity contribution in [3.8, 4) is 0 Å². The molecule has 1 saturated carbocycles. The van der Waals surface area contributed by atoms with Gasteiger partial charge in [0, 0.05) is 18.3 Å². The van der Waals surface area contributed by atoms with Gasteiger partial charge >= 0.3 is 0 Å². The fourth-order valence-corrected chi connectivity index (χ4v) is 3.00. The maximum absolute atomic E-state index is 5.88. The average Bonchev–Trinajstić information content (AvgIpc) is 2.63. The number of halogens is 1. The van der Waals surface area contributed by atoms with E-state index in [-0.39, 0.29) is 0 Å². The van der Waals surface area contributed by atoms with E-state index in [1.54, 1.807) is 0 Å². The van der Waals surface area contributed by atoms with E-state index in [0.29, 0.717) is 11.9 Å².